The summed E-state index contributed by atoms with van der Waals surface area (Å²) in [7, 11) is 1.33. The first-order valence-electron chi connectivity index (χ1n) is 5.84. The fourth-order valence-corrected chi connectivity index (χ4v) is 1.49. The zero-order valence-corrected chi connectivity index (χ0v) is 11.1. The van der Waals surface area contributed by atoms with E-state index in [-0.39, 0.29) is 5.76 Å². The molecule has 2 amide bonds. The van der Waals surface area contributed by atoms with E-state index in [4.69, 9.17) is 14.6 Å². The molecule has 1 rings (SSSR count). The molecule has 1 aromatic heterocycles. The first-order chi connectivity index (χ1) is 9.81. The highest BCUT2D eigenvalue weighted by Gasteiger charge is 2.24. The Kier molecular flexibility index (Phi) is 5.47. The first kappa shape index (κ1) is 16.2. The lowest BCUT2D eigenvalue weighted by atomic mass is 10.2. The van der Waals surface area contributed by atoms with Crippen LogP contribution in [-0.4, -0.2) is 58.5 Å². The first-order valence-corrected chi connectivity index (χ1v) is 5.84. The lowest BCUT2D eigenvalue weighted by Crippen LogP contribution is -2.46. The van der Waals surface area contributed by atoms with Crippen LogP contribution in [0.5, 0.6) is 0 Å². The molecule has 0 radical (unpaired) electrons. The molecule has 0 aliphatic carbocycles. The molecule has 9 heteroatoms. The number of nitrogens with one attached hydrogen (secondary N) is 1. The number of likely N-dealkylation sites (N-methyl/N-ethyl adjacent to an activating group) is 1. The molecule has 0 aliphatic heterocycles. The molecule has 21 heavy (non-hydrogen) atoms. The molecule has 0 aromatic carbocycles. The summed E-state index contributed by atoms with van der Waals surface area (Å²) < 4.78 is 4.88. The number of carbonyl (C=O) groups excluding carboxylic acids is 2. The zero-order valence-electron chi connectivity index (χ0n) is 11.1. The lowest BCUT2D eigenvalue weighted by molar-refractivity contribution is -0.147. The van der Waals surface area contributed by atoms with Gasteiger partial charge in [0.25, 0.3) is 5.91 Å². The maximum atomic E-state index is 11.8. The molecule has 0 bridgehead atoms. The van der Waals surface area contributed by atoms with Crippen LogP contribution in [0, 0.1) is 0 Å². The molecule has 3 N–H and O–H groups in total. The van der Waals surface area contributed by atoms with Gasteiger partial charge in [-0.05, 0) is 12.1 Å². The van der Waals surface area contributed by atoms with Gasteiger partial charge in [0.1, 0.15) is 6.04 Å². The van der Waals surface area contributed by atoms with E-state index < -0.39 is 42.8 Å². The molecule has 0 unspecified atom stereocenters. The van der Waals surface area contributed by atoms with Gasteiger partial charge in [0.15, 0.2) is 5.76 Å². The zero-order chi connectivity index (χ0) is 16.0. The van der Waals surface area contributed by atoms with Gasteiger partial charge < -0.3 is 24.8 Å². The third-order valence-corrected chi connectivity index (χ3v) is 2.47. The Bertz CT molecular complexity index is 538. The summed E-state index contributed by atoms with van der Waals surface area (Å²) in [6.45, 7) is -0.428. The Morgan fingerprint density at radius 3 is 2.48 bits per heavy atom. The Hall–Kier alpha value is -2.84. The number of carboxylic acid groups (broad SMARTS) is 2. The van der Waals surface area contributed by atoms with Crippen LogP contribution in [0.4, 0.5) is 0 Å². The number of furan rings is 1. The van der Waals surface area contributed by atoms with Crippen molar-refractivity contribution >= 4 is 23.8 Å². The molecule has 1 atom stereocenters. The van der Waals surface area contributed by atoms with Gasteiger partial charge in [-0.1, -0.05) is 0 Å². The van der Waals surface area contributed by atoms with Crippen molar-refractivity contribution in [1.82, 2.24) is 10.2 Å². The van der Waals surface area contributed by atoms with Crippen molar-refractivity contribution < 1.29 is 33.8 Å². The highest BCUT2D eigenvalue weighted by molar-refractivity contribution is 5.95. The number of rotatable bonds is 7. The number of hydrogen-bond donors (Lipinski definition) is 3. The molecule has 1 aromatic rings. The Labute approximate surface area is 119 Å². The van der Waals surface area contributed by atoms with Crippen LogP contribution in [0.1, 0.15) is 17.0 Å². The number of nitrogens with zero attached hydrogens (tertiary/aromatic N) is 1. The van der Waals surface area contributed by atoms with Gasteiger partial charge in [-0.2, -0.15) is 0 Å². The van der Waals surface area contributed by atoms with Crippen LogP contribution in [-0.2, 0) is 14.4 Å². The molecule has 0 saturated heterocycles. The summed E-state index contributed by atoms with van der Waals surface area (Å²) in [5.74, 6) is -4.13. The van der Waals surface area contributed by atoms with E-state index in [2.05, 4.69) is 0 Å². The summed E-state index contributed by atoms with van der Waals surface area (Å²) in [6, 6.07) is 1.37. The van der Waals surface area contributed by atoms with Gasteiger partial charge in [-0.3, -0.25) is 14.4 Å². The van der Waals surface area contributed by atoms with E-state index in [0.717, 1.165) is 4.90 Å². The largest absolute Gasteiger partial charge is 0.481 e. The van der Waals surface area contributed by atoms with Crippen LogP contribution >= 0.6 is 0 Å². The number of carbonyl (C=O) groups is 4. The van der Waals surface area contributed by atoms with Gasteiger partial charge in [0.2, 0.25) is 5.91 Å². The quantitative estimate of drug-likeness (QED) is 0.611. The normalized spacial score (nSPS) is 11.5. The van der Waals surface area contributed by atoms with Gasteiger partial charge in [-0.15, -0.1) is 0 Å². The number of carboxylic acids is 2. The molecule has 0 aliphatic rings. The fourth-order valence-electron chi connectivity index (χ4n) is 1.49. The van der Waals surface area contributed by atoms with Crippen molar-refractivity contribution in [3.8, 4) is 0 Å². The van der Waals surface area contributed by atoms with E-state index in [1.54, 1.807) is 0 Å². The number of hydrogen-bond acceptors (Lipinski definition) is 5. The van der Waals surface area contributed by atoms with Crippen LogP contribution in [0.15, 0.2) is 22.8 Å². The van der Waals surface area contributed by atoms with Crippen LogP contribution in [0.25, 0.3) is 0 Å². The monoisotopic (exact) mass is 298 g/mol. The van der Waals surface area contributed by atoms with Crippen molar-refractivity contribution in [2.75, 3.05) is 13.6 Å². The summed E-state index contributed by atoms with van der Waals surface area (Å²) in [4.78, 5) is 45.7. The lowest BCUT2D eigenvalue weighted by Gasteiger charge is -2.17. The highest BCUT2D eigenvalue weighted by atomic mass is 16.4. The molecule has 1 heterocycles. The fraction of sp³-hybridized carbons (Fsp3) is 0.333. The Morgan fingerprint density at radius 1 is 1.33 bits per heavy atom. The van der Waals surface area contributed by atoms with Gasteiger partial charge in [0.05, 0.1) is 19.2 Å². The highest BCUT2D eigenvalue weighted by Crippen LogP contribution is 2.04. The van der Waals surface area contributed by atoms with Crippen molar-refractivity contribution in [3.63, 3.8) is 0 Å². The van der Waals surface area contributed by atoms with Crippen LogP contribution in [0.3, 0.4) is 0 Å². The van der Waals surface area contributed by atoms with E-state index >= 15 is 0 Å². The number of aliphatic carboxylic acids is 2. The van der Waals surface area contributed by atoms with Crippen molar-refractivity contribution in [2.45, 2.75) is 12.5 Å². The second-order valence-corrected chi connectivity index (χ2v) is 4.19. The third-order valence-electron chi connectivity index (χ3n) is 2.47. The second-order valence-electron chi connectivity index (χ2n) is 4.19. The number of amides is 2. The summed E-state index contributed by atoms with van der Waals surface area (Å²) in [5.41, 5.74) is 0. The predicted octanol–water partition coefficient (Wildman–Crippen LogP) is -0.604. The predicted molar refractivity (Wildman–Crippen MR) is 67.5 cm³/mol. The van der Waals surface area contributed by atoms with E-state index in [0.29, 0.717) is 0 Å². The Morgan fingerprint density at radius 2 is 2.00 bits per heavy atom. The SMILES string of the molecule is CN(CC(=O)N[C@H](CC(=O)O)C(=O)O)C(=O)c1ccco1. The standard InChI is InChI=1S/C12H14N2O7/c1-14(11(18)8-3-2-4-21-8)6-9(15)13-7(12(19)20)5-10(16)17/h2-4,7H,5-6H2,1H3,(H,13,15)(H,16,17)(H,19,20)/t7-/m1/s1. The van der Waals surface area contributed by atoms with Crippen molar-refractivity contribution in [1.29, 1.82) is 0 Å². The van der Waals surface area contributed by atoms with Crippen molar-refractivity contribution in [3.05, 3.63) is 24.2 Å². The van der Waals surface area contributed by atoms with Gasteiger partial charge in [0, 0.05) is 7.05 Å². The minimum atomic E-state index is -1.55. The van der Waals surface area contributed by atoms with E-state index in [1.165, 1.54) is 25.4 Å². The second kappa shape index (κ2) is 7.08. The van der Waals surface area contributed by atoms with E-state index in [9.17, 15) is 19.2 Å². The Balaban J connectivity index is 2.57. The van der Waals surface area contributed by atoms with E-state index in [1.807, 2.05) is 5.32 Å². The third kappa shape index (κ3) is 4.97. The topological polar surface area (TPSA) is 137 Å². The average molecular weight is 298 g/mol. The minimum absolute atomic E-state index is 0.0330. The maximum Gasteiger partial charge on any atom is 0.326 e. The molecule has 0 fully saturated rings. The average Bonchev–Trinajstić information content (AvgIpc) is 2.89. The minimum Gasteiger partial charge on any atom is -0.481 e. The van der Waals surface area contributed by atoms with Crippen molar-refractivity contribution in [2.24, 2.45) is 0 Å². The molecule has 0 saturated carbocycles. The van der Waals surface area contributed by atoms with Gasteiger partial charge in [-0.25, -0.2) is 4.79 Å². The molecule has 114 valence electrons. The van der Waals surface area contributed by atoms with Crippen LogP contribution < -0.4 is 5.32 Å². The molecule has 9 nitrogen and oxygen atoms in total. The van der Waals surface area contributed by atoms with Gasteiger partial charge >= 0.3 is 11.9 Å². The summed E-state index contributed by atoms with van der Waals surface area (Å²) in [5, 5.41) is 19.4. The summed E-state index contributed by atoms with van der Waals surface area (Å²) >= 11 is 0. The molecular formula is C12H14N2O7. The molecular weight excluding hydrogens is 284 g/mol. The van der Waals surface area contributed by atoms with Crippen LogP contribution in [0.2, 0.25) is 0 Å². The summed E-state index contributed by atoms with van der Waals surface area (Å²) in [6.07, 6.45) is 0.547. The smallest absolute Gasteiger partial charge is 0.326 e. The molecule has 0 spiro atoms. The maximum absolute atomic E-state index is 11.8.